The van der Waals surface area contributed by atoms with Crippen LogP contribution in [0, 0.1) is 13.8 Å². The molecule has 1 amide bonds. The molecule has 0 aliphatic heterocycles. The third kappa shape index (κ3) is 5.38. The van der Waals surface area contributed by atoms with Crippen molar-refractivity contribution in [1.29, 1.82) is 0 Å². The van der Waals surface area contributed by atoms with Gasteiger partial charge in [-0.05, 0) is 50.3 Å². The summed E-state index contributed by atoms with van der Waals surface area (Å²) in [6.45, 7) is 3.26. The minimum atomic E-state index is -0.629. The number of carbonyl (C=O) groups is 4. The van der Waals surface area contributed by atoms with E-state index >= 15 is 0 Å². The number of methoxy groups -OCH3 is 1. The first-order chi connectivity index (χ1) is 14.8. The summed E-state index contributed by atoms with van der Waals surface area (Å²) < 4.78 is 9.85. The largest absolute Gasteiger partial charge is 0.465 e. The molecule has 0 radical (unpaired) electrons. The average molecular weight is 444 g/mol. The van der Waals surface area contributed by atoms with Crippen molar-refractivity contribution < 1.29 is 28.7 Å². The Morgan fingerprint density at radius 2 is 1.87 bits per heavy atom. The number of thiophene rings is 1. The zero-order chi connectivity index (χ0) is 22.5. The maximum Gasteiger partial charge on any atom is 0.341 e. The van der Waals surface area contributed by atoms with E-state index in [4.69, 9.17) is 9.47 Å². The molecule has 1 aliphatic carbocycles. The van der Waals surface area contributed by atoms with E-state index in [0.717, 1.165) is 40.8 Å². The molecule has 1 aromatic carbocycles. The second-order valence-corrected chi connectivity index (χ2v) is 8.61. The number of anilines is 1. The Hall–Kier alpha value is -3.00. The highest BCUT2D eigenvalue weighted by molar-refractivity contribution is 7.17. The predicted molar refractivity (Wildman–Crippen MR) is 117 cm³/mol. The quantitative estimate of drug-likeness (QED) is 0.492. The summed E-state index contributed by atoms with van der Waals surface area (Å²) in [4.78, 5) is 49.8. The highest BCUT2D eigenvalue weighted by Crippen LogP contribution is 2.39. The van der Waals surface area contributed by atoms with Crippen LogP contribution in [-0.4, -0.2) is 37.3 Å². The molecule has 3 rings (SSSR count). The molecule has 7 nitrogen and oxygen atoms in total. The number of Topliss-reactive ketones (excluding diaryl/α,β-unsaturated/α-hetero) is 1. The van der Waals surface area contributed by atoms with Gasteiger partial charge in [0.25, 0.3) is 5.91 Å². The highest BCUT2D eigenvalue weighted by atomic mass is 32.1. The van der Waals surface area contributed by atoms with E-state index in [1.807, 2.05) is 26.0 Å². The molecular formula is C23H25NO6S. The molecule has 8 heteroatoms. The van der Waals surface area contributed by atoms with Gasteiger partial charge in [-0.2, -0.15) is 0 Å². The number of nitrogens with one attached hydrogen (secondary N) is 1. The molecule has 1 aliphatic rings. The summed E-state index contributed by atoms with van der Waals surface area (Å²) in [5.74, 6) is -1.80. The van der Waals surface area contributed by atoms with Crippen molar-refractivity contribution >= 4 is 40.0 Å². The number of fused-ring (bicyclic) bond motifs is 1. The van der Waals surface area contributed by atoms with Crippen LogP contribution in [0.3, 0.4) is 0 Å². The summed E-state index contributed by atoms with van der Waals surface area (Å²) in [5.41, 5.74) is 3.73. The van der Waals surface area contributed by atoms with Gasteiger partial charge >= 0.3 is 11.9 Å². The van der Waals surface area contributed by atoms with E-state index in [9.17, 15) is 19.2 Å². The van der Waals surface area contributed by atoms with E-state index in [-0.39, 0.29) is 18.6 Å². The number of aryl methyl sites for hydroxylation is 3. The first-order valence-electron chi connectivity index (χ1n) is 10.1. The second kappa shape index (κ2) is 9.87. The van der Waals surface area contributed by atoms with Gasteiger partial charge in [0.15, 0.2) is 12.4 Å². The Morgan fingerprint density at radius 1 is 1.10 bits per heavy atom. The van der Waals surface area contributed by atoms with Gasteiger partial charge < -0.3 is 14.8 Å². The molecule has 2 aromatic rings. The molecule has 0 unspecified atom stereocenters. The number of carbonyl (C=O) groups excluding carboxylic acids is 4. The first-order valence-corrected chi connectivity index (χ1v) is 10.9. The lowest BCUT2D eigenvalue weighted by molar-refractivity contribution is -0.147. The van der Waals surface area contributed by atoms with Crippen LogP contribution in [0.2, 0.25) is 0 Å². The zero-order valence-electron chi connectivity index (χ0n) is 17.8. The lowest BCUT2D eigenvalue weighted by atomic mass is 9.99. The van der Waals surface area contributed by atoms with Crippen molar-refractivity contribution in [3.05, 3.63) is 50.9 Å². The SMILES string of the molecule is COC(=O)c1c(NC(=O)COC(=O)CCC(=O)c2cc(C)ccc2C)sc2c1CCC2. The second-order valence-electron chi connectivity index (χ2n) is 7.50. The van der Waals surface area contributed by atoms with E-state index in [1.54, 1.807) is 6.07 Å². The summed E-state index contributed by atoms with van der Waals surface area (Å²) in [5, 5.41) is 3.07. The fraction of sp³-hybridized carbons (Fsp3) is 0.391. The summed E-state index contributed by atoms with van der Waals surface area (Å²) in [7, 11) is 1.30. The molecule has 0 spiro atoms. The van der Waals surface area contributed by atoms with Crippen molar-refractivity contribution in [3.8, 4) is 0 Å². The number of ether oxygens (including phenoxy) is 2. The van der Waals surface area contributed by atoms with Crippen molar-refractivity contribution in [1.82, 2.24) is 0 Å². The highest BCUT2D eigenvalue weighted by Gasteiger charge is 2.28. The standard InChI is InChI=1S/C23H25NO6S/c1-13-7-8-14(2)16(11-13)17(25)9-10-20(27)30-12-19(26)24-22-21(23(28)29-3)15-5-4-6-18(15)31-22/h7-8,11H,4-6,9-10,12H2,1-3H3,(H,24,26). The lowest BCUT2D eigenvalue weighted by Crippen LogP contribution is -2.22. The van der Waals surface area contributed by atoms with Gasteiger partial charge in [0.1, 0.15) is 5.00 Å². The number of hydrogen-bond donors (Lipinski definition) is 1. The number of benzene rings is 1. The molecule has 0 atom stereocenters. The van der Waals surface area contributed by atoms with Crippen molar-refractivity contribution in [3.63, 3.8) is 0 Å². The predicted octanol–water partition coefficient (Wildman–Crippen LogP) is 3.79. The fourth-order valence-corrected chi connectivity index (χ4v) is 4.87. The molecule has 1 N–H and O–H groups in total. The molecule has 1 heterocycles. The Balaban J connectivity index is 1.51. The number of ketones is 1. The van der Waals surface area contributed by atoms with E-state index in [0.29, 0.717) is 16.1 Å². The van der Waals surface area contributed by atoms with Crippen LogP contribution in [0.15, 0.2) is 18.2 Å². The summed E-state index contributed by atoms with van der Waals surface area (Å²) >= 11 is 1.35. The minimum absolute atomic E-state index is 0.00881. The zero-order valence-corrected chi connectivity index (χ0v) is 18.6. The lowest BCUT2D eigenvalue weighted by Gasteiger charge is -2.08. The van der Waals surface area contributed by atoms with Crippen LogP contribution in [-0.2, 0) is 31.9 Å². The number of amides is 1. The van der Waals surface area contributed by atoms with Gasteiger partial charge in [0, 0.05) is 16.9 Å². The molecule has 0 fully saturated rings. The Morgan fingerprint density at radius 3 is 2.61 bits per heavy atom. The third-order valence-electron chi connectivity index (χ3n) is 5.18. The van der Waals surface area contributed by atoms with E-state index in [2.05, 4.69) is 5.32 Å². The normalized spacial score (nSPS) is 12.2. The van der Waals surface area contributed by atoms with Crippen LogP contribution in [0.4, 0.5) is 5.00 Å². The minimum Gasteiger partial charge on any atom is -0.465 e. The maximum atomic E-state index is 12.4. The number of esters is 2. The Bertz CT molecular complexity index is 1040. The Labute approximate surface area is 184 Å². The first kappa shape index (κ1) is 22.7. The smallest absolute Gasteiger partial charge is 0.341 e. The molecule has 31 heavy (non-hydrogen) atoms. The fourth-order valence-electron chi connectivity index (χ4n) is 3.58. The van der Waals surface area contributed by atoms with Gasteiger partial charge in [-0.1, -0.05) is 17.7 Å². The summed E-state index contributed by atoms with van der Waals surface area (Å²) in [6, 6.07) is 5.59. The molecule has 0 saturated heterocycles. The average Bonchev–Trinajstić information content (AvgIpc) is 3.32. The van der Waals surface area contributed by atoms with Crippen molar-refractivity contribution in [2.24, 2.45) is 0 Å². The Kier molecular flexibility index (Phi) is 7.22. The van der Waals surface area contributed by atoms with Gasteiger partial charge in [-0.25, -0.2) is 4.79 Å². The molecule has 1 aromatic heterocycles. The molecule has 0 bridgehead atoms. The van der Waals surface area contributed by atoms with Crippen molar-refractivity contribution in [2.45, 2.75) is 46.0 Å². The molecule has 0 saturated carbocycles. The topological polar surface area (TPSA) is 98.8 Å². The van der Waals surface area contributed by atoms with Crippen LogP contribution in [0.1, 0.15) is 61.5 Å². The van der Waals surface area contributed by atoms with Gasteiger partial charge in [-0.3, -0.25) is 14.4 Å². The van der Waals surface area contributed by atoms with Gasteiger partial charge in [0.05, 0.1) is 19.1 Å². The van der Waals surface area contributed by atoms with Crippen LogP contribution in [0.5, 0.6) is 0 Å². The number of rotatable bonds is 8. The van der Waals surface area contributed by atoms with Crippen LogP contribution >= 0.6 is 11.3 Å². The van der Waals surface area contributed by atoms with E-state index < -0.39 is 24.5 Å². The van der Waals surface area contributed by atoms with Crippen LogP contribution in [0.25, 0.3) is 0 Å². The van der Waals surface area contributed by atoms with Crippen LogP contribution < -0.4 is 5.32 Å². The molecular weight excluding hydrogens is 418 g/mol. The summed E-state index contributed by atoms with van der Waals surface area (Å²) in [6.07, 6.45) is 2.51. The van der Waals surface area contributed by atoms with Crippen molar-refractivity contribution in [2.75, 3.05) is 19.0 Å². The monoisotopic (exact) mass is 443 g/mol. The molecule has 164 valence electrons. The maximum absolute atomic E-state index is 12.4. The third-order valence-corrected chi connectivity index (χ3v) is 6.38. The van der Waals surface area contributed by atoms with Gasteiger partial charge in [0.2, 0.25) is 0 Å². The van der Waals surface area contributed by atoms with E-state index in [1.165, 1.54) is 18.4 Å². The van der Waals surface area contributed by atoms with Gasteiger partial charge in [-0.15, -0.1) is 11.3 Å². The number of hydrogen-bond acceptors (Lipinski definition) is 7.